The molecule has 8 heteroatoms. The third-order valence-corrected chi connectivity index (χ3v) is 5.33. The topological polar surface area (TPSA) is 53.4 Å². The number of alkyl halides is 3. The highest BCUT2D eigenvalue weighted by atomic mass is 32.1. The predicted octanol–water partition coefficient (Wildman–Crippen LogP) is 3.24. The van der Waals surface area contributed by atoms with Gasteiger partial charge in [-0.1, -0.05) is 6.92 Å². The zero-order valence-corrected chi connectivity index (χ0v) is 14.0. The Balaban J connectivity index is 2.19. The molecule has 0 radical (unpaired) electrons. The van der Waals surface area contributed by atoms with Crippen LogP contribution in [-0.2, 0) is 10.4 Å². The van der Waals surface area contributed by atoms with Crippen LogP contribution >= 0.6 is 11.3 Å². The summed E-state index contributed by atoms with van der Waals surface area (Å²) in [5.41, 5.74) is -2.83. The monoisotopic (exact) mass is 350 g/mol. The van der Waals surface area contributed by atoms with Gasteiger partial charge in [0.05, 0.1) is 6.42 Å². The van der Waals surface area contributed by atoms with E-state index in [2.05, 4.69) is 11.9 Å². The van der Waals surface area contributed by atoms with Gasteiger partial charge < -0.3 is 10.0 Å². The van der Waals surface area contributed by atoms with E-state index in [0.717, 1.165) is 30.6 Å². The van der Waals surface area contributed by atoms with Crippen LogP contribution in [0.2, 0.25) is 0 Å². The van der Waals surface area contributed by atoms with Gasteiger partial charge in [-0.3, -0.25) is 4.79 Å². The molecule has 23 heavy (non-hydrogen) atoms. The maximum Gasteiger partial charge on any atom is 0.424 e. The number of aryl methyl sites for hydroxylation is 1. The molecule has 2 heterocycles. The Morgan fingerprint density at radius 1 is 1.43 bits per heavy atom. The van der Waals surface area contributed by atoms with Crippen LogP contribution in [0, 0.1) is 12.8 Å². The van der Waals surface area contributed by atoms with Crippen molar-refractivity contribution in [2.45, 2.75) is 51.3 Å². The fraction of sp³-hybridized carbons (Fsp3) is 0.733. The first-order chi connectivity index (χ1) is 10.6. The molecule has 1 aliphatic heterocycles. The van der Waals surface area contributed by atoms with Crippen LogP contribution in [0.25, 0.3) is 0 Å². The van der Waals surface area contributed by atoms with Crippen molar-refractivity contribution in [3.63, 3.8) is 0 Å². The number of thiazole rings is 1. The van der Waals surface area contributed by atoms with Gasteiger partial charge in [0.15, 0.2) is 0 Å². The Labute approximate surface area is 137 Å². The molecule has 1 fully saturated rings. The molecule has 1 aliphatic rings. The van der Waals surface area contributed by atoms with E-state index in [1.165, 1.54) is 10.3 Å². The average Bonchev–Trinajstić information content (AvgIpc) is 2.76. The standard InChI is InChI=1S/C15H21F3N2O2S/c1-10-4-3-6-20(7-5-10)12(21)8-14(22,15(16,17)18)13-19-11(2)9-23-13/h9-10,22H,3-8H2,1-2H3/t10-,14-/m1/s1. The molecule has 1 aromatic rings. The smallest absolute Gasteiger partial charge is 0.374 e. The number of carbonyl (C=O) groups excluding carboxylic acids is 1. The first-order valence-electron chi connectivity index (χ1n) is 7.63. The fourth-order valence-corrected chi connectivity index (χ4v) is 3.60. The second-order valence-corrected chi connectivity index (χ2v) is 7.10. The number of rotatable bonds is 3. The van der Waals surface area contributed by atoms with Crippen molar-refractivity contribution < 1.29 is 23.1 Å². The van der Waals surface area contributed by atoms with Crippen LogP contribution in [0.1, 0.15) is 43.3 Å². The second-order valence-electron chi connectivity index (χ2n) is 6.25. The highest BCUT2D eigenvalue weighted by Crippen LogP contribution is 2.43. The molecule has 0 bridgehead atoms. The van der Waals surface area contributed by atoms with Gasteiger partial charge in [-0.15, -0.1) is 11.3 Å². The predicted molar refractivity (Wildman–Crippen MR) is 81.0 cm³/mol. The number of aromatic nitrogens is 1. The quantitative estimate of drug-likeness (QED) is 0.910. The van der Waals surface area contributed by atoms with Crippen molar-refractivity contribution in [1.82, 2.24) is 9.88 Å². The summed E-state index contributed by atoms with van der Waals surface area (Å²) in [4.78, 5) is 17.5. The molecule has 0 saturated carbocycles. The molecule has 2 atom stereocenters. The zero-order chi connectivity index (χ0) is 17.3. The van der Waals surface area contributed by atoms with Crippen LogP contribution in [0.4, 0.5) is 13.2 Å². The molecule has 4 nitrogen and oxygen atoms in total. The van der Waals surface area contributed by atoms with Gasteiger partial charge in [-0.25, -0.2) is 4.98 Å². The lowest BCUT2D eigenvalue weighted by Crippen LogP contribution is -2.47. The minimum absolute atomic E-state index is 0.392. The number of halogens is 3. The number of hydrogen-bond donors (Lipinski definition) is 1. The molecule has 1 N–H and O–H groups in total. The van der Waals surface area contributed by atoms with E-state index >= 15 is 0 Å². The summed E-state index contributed by atoms with van der Waals surface area (Å²) in [5, 5.41) is 11.2. The Kier molecular flexibility index (Phi) is 5.35. The Hall–Kier alpha value is -1.15. The van der Waals surface area contributed by atoms with Crippen LogP contribution < -0.4 is 0 Å². The molecular formula is C15H21F3N2O2S. The molecule has 1 saturated heterocycles. The van der Waals surface area contributed by atoms with Gasteiger partial charge in [0.2, 0.25) is 11.5 Å². The lowest BCUT2D eigenvalue weighted by molar-refractivity contribution is -0.268. The van der Waals surface area contributed by atoms with Crippen molar-refractivity contribution >= 4 is 17.2 Å². The SMILES string of the molecule is Cc1csc([C@](O)(CC(=O)N2CCC[C@@H](C)CC2)C(F)(F)F)n1. The van der Waals surface area contributed by atoms with E-state index in [1.54, 1.807) is 6.92 Å². The molecule has 0 spiro atoms. The molecule has 1 aromatic heterocycles. The molecular weight excluding hydrogens is 329 g/mol. The second kappa shape index (κ2) is 6.76. The van der Waals surface area contributed by atoms with Gasteiger partial charge in [-0.05, 0) is 32.1 Å². The van der Waals surface area contributed by atoms with E-state index in [-0.39, 0.29) is 0 Å². The highest BCUT2D eigenvalue weighted by Gasteiger charge is 2.58. The van der Waals surface area contributed by atoms with Crippen LogP contribution in [0.5, 0.6) is 0 Å². The number of likely N-dealkylation sites (tertiary alicyclic amines) is 1. The van der Waals surface area contributed by atoms with Gasteiger partial charge in [0, 0.05) is 24.2 Å². The zero-order valence-electron chi connectivity index (χ0n) is 13.2. The van der Waals surface area contributed by atoms with E-state index in [4.69, 9.17) is 0 Å². The summed E-state index contributed by atoms with van der Waals surface area (Å²) in [6.45, 7) is 4.49. The number of hydrogen-bond acceptors (Lipinski definition) is 4. The molecule has 1 amide bonds. The molecule has 0 aliphatic carbocycles. The Morgan fingerprint density at radius 2 is 2.13 bits per heavy atom. The van der Waals surface area contributed by atoms with Crippen molar-refractivity contribution in [2.75, 3.05) is 13.1 Å². The molecule has 0 unspecified atom stereocenters. The Bertz CT molecular complexity index is 561. The summed E-state index contributed by atoms with van der Waals surface area (Å²) >= 11 is 0.725. The largest absolute Gasteiger partial charge is 0.424 e. The lowest BCUT2D eigenvalue weighted by Gasteiger charge is -2.30. The van der Waals surface area contributed by atoms with Crippen LogP contribution in [0.15, 0.2) is 5.38 Å². The summed E-state index contributed by atoms with van der Waals surface area (Å²) in [5.74, 6) is -0.220. The van der Waals surface area contributed by atoms with E-state index in [0.29, 0.717) is 24.7 Å². The van der Waals surface area contributed by atoms with E-state index < -0.39 is 29.1 Å². The maximum atomic E-state index is 13.4. The maximum absolute atomic E-state index is 13.4. The first-order valence-corrected chi connectivity index (χ1v) is 8.51. The van der Waals surface area contributed by atoms with E-state index in [1.807, 2.05) is 0 Å². The molecule has 0 aromatic carbocycles. The number of aliphatic hydroxyl groups is 1. The first kappa shape index (κ1) is 18.2. The Morgan fingerprint density at radius 3 is 2.70 bits per heavy atom. The number of nitrogens with zero attached hydrogens (tertiary/aromatic N) is 2. The van der Waals surface area contributed by atoms with Crippen LogP contribution in [0.3, 0.4) is 0 Å². The number of amides is 1. The summed E-state index contributed by atoms with van der Waals surface area (Å²) in [6.07, 6.45) is -3.47. The molecule has 2 rings (SSSR count). The third kappa shape index (κ3) is 4.03. The lowest BCUT2D eigenvalue weighted by atomic mass is 9.98. The van der Waals surface area contributed by atoms with Crippen molar-refractivity contribution in [1.29, 1.82) is 0 Å². The average molecular weight is 350 g/mol. The normalized spacial score (nSPS) is 22.5. The third-order valence-electron chi connectivity index (χ3n) is 4.22. The van der Waals surface area contributed by atoms with Gasteiger partial charge in [0.25, 0.3) is 0 Å². The van der Waals surface area contributed by atoms with Gasteiger partial charge in [-0.2, -0.15) is 13.2 Å². The summed E-state index contributed by atoms with van der Waals surface area (Å²) in [7, 11) is 0. The van der Waals surface area contributed by atoms with Crippen molar-refractivity contribution in [3.8, 4) is 0 Å². The van der Waals surface area contributed by atoms with Crippen molar-refractivity contribution in [3.05, 3.63) is 16.1 Å². The van der Waals surface area contributed by atoms with Gasteiger partial charge in [0.1, 0.15) is 5.01 Å². The van der Waals surface area contributed by atoms with E-state index in [9.17, 15) is 23.1 Å². The minimum atomic E-state index is -4.95. The summed E-state index contributed by atoms with van der Waals surface area (Å²) < 4.78 is 40.2. The van der Waals surface area contributed by atoms with Crippen LogP contribution in [-0.4, -0.2) is 40.2 Å². The molecule has 130 valence electrons. The number of carbonyl (C=O) groups is 1. The minimum Gasteiger partial charge on any atom is -0.374 e. The fourth-order valence-electron chi connectivity index (χ4n) is 2.68. The van der Waals surface area contributed by atoms with Crippen molar-refractivity contribution in [2.24, 2.45) is 5.92 Å². The summed E-state index contributed by atoms with van der Waals surface area (Å²) in [6, 6.07) is 0. The highest BCUT2D eigenvalue weighted by molar-refractivity contribution is 7.09. The van der Waals surface area contributed by atoms with Gasteiger partial charge >= 0.3 is 6.18 Å².